The van der Waals surface area contributed by atoms with Gasteiger partial charge < -0.3 is 5.32 Å². The lowest BCUT2D eigenvalue weighted by Gasteiger charge is -2.19. The lowest BCUT2D eigenvalue weighted by Crippen LogP contribution is -2.24. The third kappa shape index (κ3) is 4.13. The zero-order valence-electron chi connectivity index (χ0n) is 11.0. The van der Waals surface area contributed by atoms with Crippen molar-refractivity contribution in [1.82, 2.24) is 5.32 Å². The Bertz CT molecular complexity index is 603. The molecule has 0 bridgehead atoms. The second kappa shape index (κ2) is 7.64. The largest absolute Gasteiger partial charge is 0.305 e. The SMILES string of the molecule is CCCNC(c1cc(Br)c(Br)s1)c1c(F)cc(Br)cc1F. The fourth-order valence-corrected chi connectivity index (χ4v) is 4.55. The van der Waals surface area contributed by atoms with Gasteiger partial charge in [0, 0.05) is 19.4 Å². The number of hydrogen-bond acceptors (Lipinski definition) is 2. The van der Waals surface area contributed by atoms with Gasteiger partial charge in [-0.25, -0.2) is 8.78 Å². The van der Waals surface area contributed by atoms with E-state index >= 15 is 0 Å². The molecular weight excluding hydrogens is 492 g/mol. The number of nitrogens with one attached hydrogen (secondary N) is 1. The van der Waals surface area contributed by atoms with E-state index in [9.17, 15) is 8.78 Å². The number of rotatable bonds is 5. The summed E-state index contributed by atoms with van der Waals surface area (Å²) in [4.78, 5) is 0.849. The van der Waals surface area contributed by atoms with Crippen molar-refractivity contribution in [2.45, 2.75) is 19.4 Å². The van der Waals surface area contributed by atoms with Crippen molar-refractivity contribution >= 4 is 59.1 Å². The Labute approximate surface area is 151 Å². The number of halogens is 5. The van der Waals surface area contributed by atoms with Crippen LogP contribution in [0.5, 0.6) is 0 Å². The summed E-state index contributed by atoms with van der Waals surface area (Å²) in [5.41, 5.74) is 0.0490. The second-order valence-corrected chi connectivity index (χ2v) is 8.61. The van der Waals surface area contributed by atoms with Crippen molar-refractivity contribution in [2.75, 3.05) is 6.54 Å². The van der Waals surface area contributed by atoms with E-state index in [1.54, 1.807) is 0 Å². The standard InChI is InChI=1S/C14H12Br3F2NS/c1-2-3-20-13(11-6-8(16)14(17)21-11)12-9(18)4-7(15)5-10(12)19/h4-6,13,20H,2-3H2,1H3. The van der Waals surface area contributed by atoms with Gasteiger partial charge in [-0.05, 0) is 63.0 Å². The predicted molar refractivity (Wildman–Crippen MR) is 93.9 cm³/mol. The van der Waals surface area contributed by atoms with Crippen molar-refractivity contribution in [1.29, 1.82) is 0 Å². The zero-order valence-corrected chi connectivity index (χ0v) is 16.6. The van der Waals surface area contributed by atoms with E-state index in [0.717, 1.165) is 19.6 Å². The highest BCUT2D eigenvalue weighted by Crippen LogP contribution is 2.39. The highest BCUT2D eigenvalue weighted by Gasteiger charge is 2.24. The molecule has 0 aliphatic heterocycles. The number of thiophene rings is 1. The van der Waals surface area contributed by atoms with Gasteiger partial charge >= 0.3 is 0 Å². The quantitative estimate of drug-likeness (QED) is 0.497. The van der Waals surface area contributed by atoms with Crippen LogP contribution < -0.4 is 5.32 Å². The normalized spacial score (nSPS) is 12.7. The Morgan fingerprint density at radius 2 is 1.76 bits per heavy atom. The van der Waals surface area contributed by atoms with Crippen molar-refractivity contribution < 1.29 is 8.78 Å². The molecular formula is C14H12Br3F2NS. The minimum atomic E-state index is -0.559. The van der Waals surface area contributed by atoms with Gasteiger partial charge in [0.05, 0.1) is 9.83 Å². The Hall–Kier alpha value is 0.180. The monoisotopic (exact) mass is 501 g/mol. The van der Waals surface area contributed by atoms with Crippen LogP contribution in [0, 0.1) is 11.6 Å². The fourth-order valence-electron chi connectivity index (χ4n) is 1.97. The fraction of sp³-hybridized carbons (Fsp3) is 0.286. The smallest absolute Gasteiger partial charge is 0.132 e. The molecule has 1 aromatic heterocycles. The molecule has 0 amide bonds. The molecule has 0 fully saturated rings. The molecule has 0 saturated carbocycles. The van der Waals surface area contributed by atoms with E-state index in [1.165, 1.54) is 23.5 Å². The average Bonchev–Trinajstić information content (AvgIpc) is 2.72. The van der Waals surface area contributed by atoms with Gasteiger partial charge in [-0.15, -0.1) is 11.3 Å². The highest BCUT2D eigenvalue weighted by atomic mass is 79.9. The van der Waals surface area contributed by atoms with Gasteiger partial charge in [0.15, 0.2) is 0 Å². The van der Waals surface area contributed by atoms with Crippen LogP contribution in [0.4, 0.5) is 8.78 Å². The molecule has 114 valence electrons. The third-order valence-corrected chi connectivity index (χ3v) is 6.66. The van der Waals surface area contributed by atoms with Gasteiger partial charge in [-0.1, -0.05) is 22.9 Å². The minimum absolute atomic E-state index is 0.0490. The van der Waals surface area contributed by atoms with Crippen LogP contribution in [0.15, 0.2) is 30.9 Å². The molecule has 7 heteroatoms. The summed E-state index contributed by atoms with van der Waals surface area (Å²) < 4.78 is 30.7. The molecule has 1 atom stereocenters. The van der Waals surface area contributed by atoms with E-state index < -0.39 is 17.7 Å². The third-order valence-electron chi connectivity index (χ3n) is 2.88. The molecule has 1 nitrogen and oxygen atoms in total. The molecule has 0 aliphatic carbocycles. The van der Waals surface area contributed by atoms with Gasteiger partial charge in [0.1, 0.15) is 11.6 Å². The summed E-state index contributed by atoms with van der Waals surface area (Å²) >= 11 is 11.4. The number of hydrogen-bond donors (Lipinski definition) is 1. The molecule has 0 radical (unpaired) electrons. The maximum atomic E-state index is 14.3. The Kier molecular flexibility index (Phi) is 6.38. The molecule has 1 N–H and O–H groups in total. The molecule has 21 heavy (non-hydrogen) atoms. The summed E-state index contributed by atoms with van der Waals surface area (Å²) in [6.45, 7) is 2.69. The van der Waals surface area contributed by atoms with Crippen LogP contribution in [-0.2, 0) is 0 Å². The first kappa shape index (κ1) is 17.5. The van der Waals surface area contributed by atoms with Gasteiger partial charge in [-0.3, -0.25) is 0 Å². The molecule has 1 unspecified atom stereocenters. The Morgan fingerprint density at radius 1 is 1.14 bits per heavy atom. The van der Waals surface area contributed by atoms with Gasteiger partial charge in [0.25, 0.3) is 0 Å². The maximum absolute atomic E-state index is 14.3. The van der Waals surface area contributed by atoms with Crippen LogP contribution in [0.3, 0.4) is 0 Å². The molecule has 2 rings (SSSR count). The highest BCUT2D eigenvalue weighted by molar-refractivity contribution is 9.13. The van der Waals surface area contributed by atoms with Crippen LogP contribution in [0.25, 0.3) is 0 Å². The van der Waals surface area contributed by atoms with E-state index in [4.69, 9.17) is 0 Å². The van der Waals surface area contributed by atoms with Crippen molar-refractivity contribution in [3.05, 3.63) is 53.0 Å². The molecule has 0 aliphatic rings. The molecule has 1 aromatic carbocycles. The lowest BCUT2D eigenvalue weighted by molar-refractivity contribution is 0.505. The van der Waals surface area contributed by atoms with Crippen LogP contribution in [-0.4, -0.2) is 6.54 Å². The van der Waals surface area contributed by atoms with Crippen molar-refractivity contribution in [3.8, 4) is 0 Å². The Morgan fingerprint density at radius 3 is 2.24 bits per heavy atom. The summed E-state index contributed by atoms with van der Waals surface area (Å²) in [5, 5.41) is 3.22. The molecule has 0 spiro atoms. The van der Waals surface area contributed by atoms with E-state index in [-0.39, 0.29) is 5.56 Å². The Balaban J connectivity index is 2.50. The average molecular weight is 504 g/mol. The van der Waals surface area contributed by atoms with Crippen LogP contribution in [0.2, 0.25) is 0 Å². The van der Waals surface area contributed by atoms with E-state index in [1.807, 2.05) is 13.0 Å². The number of benzene rings is 1. The van der Waals surface area contributed by atoms with Gasteiger partial charge in [0.2, 0.25) is 0 Å². The summed E-state index contributed by atoms with van der Waals surface area (Å²) in [7, 11) is 0. The van der Waals surface area contributed by atoms with Crippen molar-refractivity contribution in [2.24, 2.45) is 0 Å². The zero-order chi connectivity index (χ0) is 15.6. The molecule has 1 heterocycles. The van der Waals surface area contributed by atoms with Gasteiger partial charge in [-0.2, -0.15) is 0 Å². The molecule has 0 saturated heterocycles. The van der Waals surface area contributed by atoms with E-state index in [2.05, 4.69) is 53.1 Å². The second-order valence-electron chi connectivity index (χ2n) is 4.44. The first-order valence-corrected chi connectivity index (χ1v) is 9.46. The minimum Gasteiger partial charge on any atom is -0.305 e. The first-order valence-electron chi connectivity index (χ1n) is 6.26. The maximum Gasteiger partial charge on any atom is 0.132 e. The van der Waals surface area contributed by atoms with Crippen LogP contribution in [0.1, 0.15) is 29.8 Å². The summed E-state index contributed by atoms with van der Waals surface area (Å²) in [6, 6.07) is 3.95. The summed E-state index contributed by atoms with van der Waals surface area (Å²) in [5.74, 6) is -1.12. The predicted octanol–water partition coefficient (Wildman–Crippen LogP) is 6.40. The first-order chi connectivity index (χ1) is 9.93. The molecule has 2 aromatic rings. The topological polar surface area (TPSA) is 12.0 Å². The van der Waals surface area contributed by atoms with Crippen molar-refractivity contribution in [3.63, 3.8) is 0 Å². The van der Waals surface area contributed by atoms with E-state index in [0.29, 0.717) is 11.0 Å². The summed E-state index contributed by atoms with van der Waals surface area (Å²) in [6.07, 6.45) is 0.879. The lowest BCUT2D eigenvalue weighted by atomic mass is 10.0. The van der Waals surface area contributed by atoms with Crippen LogP contribution >= 0.6 is 59.1 Å².